The molecule has 1 aliphatic rings. The molecule has 0 spiro atoms. The van der Waals surface area contributed by atoms with E-state index in [-0.39, 0.29) is 35.8 Å². The molecule has 0 bridgehead atoms. The van der Waals surface area contributed by atoms with Crippen LogP contribution in [0, 0.1) is 0 Å². The van der Waals surface area contributed by atoms with E-state index >= 15 is 0 Å². The van der Waals surface area contributed by atoms with Gasteiger partial charge >= 0.3 is 0 Å². The number of carbonyl (C=O) groups is 3. The molecule has 0 atom stereocenters. The number of carbonyl (C=O) groups excluding carboxylic acids is 3. The summed E-state index contributed by atoms with van der Waals surface area (Å²) in [7, 11) is 0. The second-order valence-corrected chi connectivity index (χ2v) is 5.56. The molecule has 120 valence electrons. The third-order valence-corrected chi connectivity index (χ3v) is 3.77. The van der Waals surface area contributed by atoms with E-state index in [1.165, 1.54) is 0 Å². The molecule has 1 aliphatic carbocycles. The lowest BCUT2D eigenvalue weighted by Gasteiger charge is -2.36. The van der Waals surface area contributed by atoms with Crippen molar-refractivity contribution in [3.63, 3.8) is 0 Å². The fourth-order valence-corrected chi connectivity index (χ4v) is 2.66. The smallest absolute Gasteiger partial charge is 0.219 e. The summed E-state index contributed by atoms with van der Waals surface area (Å²) in [6, 6.07) is -0.0125. The van der Waals surface area contributed by atoms with Crippen molar-refractivity contribution in [1.82, 2.24) is 16.0 Å². The molecular formula is C15H27N3O3. The molecule has 6 nitrogen and oxygen atoms in total. The summed E-state index contributed by atoms with van der Waals surface area (Å²) in [5.74, 6) is 0.00843. The molecule has 1 saturated carbocycles. The largest absolute Gasteiger partial charge is 0.353 e. The number of hydrogen-bond acceptors (Lipinski definition) is 3. The van der Waals surface area contributed by atoms with Gasteiger partial charge in [-0.2, -0.15) is 0 Å². The van der Waals surface area contributed by atoms with Gasteiger partial charge in [0.15, 0.2) is 0 Å². The molecule has 0 radical (unpaired) electrons. The number of hydrogen-bond donors (Lipinski definition) is 3. The van der Waals surface area contributed by atoms with Crippen molar-refractivity contribution in [2.45, 2.75) is 77.4 Å². The van der Waals surface area contributed by atoms with Gasteiger partial charge in [0, 0.05) is 37.4 Å². The topological polar surface area (TPSA) is 87.3 Å². The lowest BCUT2D eigenvalue weighted by atomic mass is 9.86. The van der Waals surface area contributed by atoms with E-state index in [9.17, 15) is 14.4 Å². The first-order chi connectivity index (χ1) is 9.98. The van der Waals surface area contributed by atoms with Gasteiger partial charge in [0.05, 0.1) is 0 Å². The Morgan fingerprint density at radius 2 is 0.905 bits per heavy atom. The van der Waals surface area contributed by atoms with Crippen LogP contribution in [0.15, 0.2) is 0 Å². The van der Waals surface area contributed by atoms with Gasteiger partial charge in [-0.05, 0) is 19.3 Å². The van der Waals surface area contributed by atoms with Crippen LogP contribution < -0.4 is 16.0 Å². The molecule has 3 N–H and O–H groups in total. The maximum Gasteiger partial charge on any atom is 0.219 e. The van der Waals surface area contributed by atoms with E-state index in [1.54, 1.807) is 0 Å². The molecule has 0 heterocycles. The lowest BCUT2D eigenvalue weighted by molar-refractivity contribution is -0.122. The number of amides is 3. The predicted octanol–water partition coefficient (Wildman–Crippen LogP) is 0.855. The van der Waals surface area contributed by atoms with E-state index < -0.39 is 0 Å². The van der Waals surface area contributed by atoms with Gasteiger partial charge in [0.25, 0.3) is 0 Å². The first kappa shape index (κ1) is 17.5. The SMILES string of the molecule is CCC(=O)NC1CC(NC(=O)CC)CC(NC(=O)CC)C1. The van der Waals surface area contributed by atoms with Crippen molar-refractivity contribution in [3.8, 4) is 0 Å². The van der Waals surface area contributed by atoms with Crippen LogP contribution >= 0.6 is 0 Å². The third kappa shape index (κ3) is 6.14. The Hall–Kier alpha value is -1.59. The highest BCUT2D eigenvalue weighted by molar-refractivity contribution is 5.77. The van der Waals surface area contributed by atoms with E-state index in [2.05, 4.69) is 16.0 Å². The summed E-state index contributed by atoms with van der Waals surface area (Å²) in [4.78, 5) is 34.7. The third-order valence-electron chi connectivity index (χ3n) is 3.77. The first-order valence-corrected chi connectivity index (χ1v) is 7.86. The second kappa shape index (κ2) is 8.64. The van der Waals surface area contributed by atoms with Crippen molar-refractivity contribution in [3.05, 3.63) is 0 Å². The Kier molecular flexibility index (Phi) is 7.19. The maximum absolute atomic E-state index is 11.6. The first-order valence-electron chi connectivity index (χ1n) is 7.86. The number of nitrogens with one attached hydrogen (secondary N) is 3. The minimum atomic E-state index is -0.00416. The van der Waals surface area contributed by atoms with E-state index in [0.29, 0.717) is 19.3 Å². The summed E-state index contributed by atoms with van der Waals surface area (Å²) in [5.41, 5.74) is 0. The van der Waals surface area contributed by atoms with Crippen LogP contribution in [-0.2, 0) is 14.4 Å². The standard InChI is InChI=1S/C15H27N3O3/c1-4-13(19)16-10-7-11(17-14(20)5-2)9-12(8-10)18-15(21)6-3/h10-12H,4-9H2,1-3H3,(H,16,19)(H,17,20)(H,18,21). The van der Waals surface area contributed by atoms with Crippen LogP contribution in [0.3, 0.4) is 0 Å². The molecule has 0 aromatic heterocycles. The zero-order chi connectivity index (χ0) is 15.8. The van der Waals surface area contributed by atoms with Crippen LogP contribution in [0.5, 0.6) is 0 Å². The Balaban J connectivity index is 2.65. The van der Waals surface area contributed by atoms with Gasteiger partial charge in [-0.3, -0.25) is 14.4 Å². The Bertz CT molecular complexity index is 321. The normalized spacial score (nSPS) is 25.0. The average Bonchev–Trinajstić information content (AvgIpc) is 2.46. The average molecular weight is 297 g/mol. The van der Waals surface area contributed by atoms with E-state index in [4.69, 9.17) is 0 Å². The molecule has 0 saturated heterocycles. The predicted molar refractivity (Wildman–Crippen MR) is 80.5 cm³/mol. The Morgan fingerprint density at radius 1 is 0.667 bits per heavy atom. The molecule has 1 rings (SSSR count). The Labute approximate surface area is 126 Å². The van der Waals surface area contributed by atoms with E-state index in [1.807, 2.05) is 20.8 Å². The molecule has 0 aromatic carbocycles. The van der Waals surface area contributed by atoms with Crippen LogP contribution in [0.2, 0.25) is 0 Å². The van der Waals surface area contributed by atoms with Crippen molar-refractivity contribution >= 4 is 17.7 Å². The highest BCUT2D eigenvalue weighted by Crippen LogP contribution is 2.20. The van der Waals surface area contributed by atoms with Crippen molar-refractivity contribution in [2.24, 2.45) is 0 Å². The van der Waals surface area contributed by atoms with Crippen LogP contribution in [0.25, 0.3) is 0 Å². The molecule has 0 aliphatic heterocycles. The minimum Gasteiger partial charge on any atom is -0.353 e. The maximum atomic E-state index is 11.6. The van der Waals surface area contributed by atoms with Crippen molar-refractivity contribution < 1.29 is 14.4 Å². The fraction of sp³-hybridized carbons (Fsp3) is 0.800. The molecular weight excluding hydrogens is 270 g/mol. The van der Waals surface area contributed by atoms with Crippen LogP contribution in [0.4, 0.5) is 0 Å². The quantitative estimate of drug-likeness (QED) is 0.679. The van der Waals surface area contributed by atoms with Crippen molar-refractivity contribution in [1.29, 1.82) is 0 Å². The molecule has 21 heavy (non-hydrogen) atoms. The van der Waals surface area contributed by atoms with Crippen LogP contribution in [-0.4, -0.2) is 35.8 Å². The lowest BCUT2D eigenvalue weighted by Crippen LogP contribution is -2.53. The van der Waals surface area contributed by atoms with Gasteiger partial charge in [0.2, 0.25) is 17.7 Å². The van der Waals surface area contributed by atoms with E-state index in [0.717, 1.165) is 19.3 Å². The summed E-state index contributed by atoms with van der Waals surface area (Å²) in [5, 5.41) is 8.91. The second-order valence-electron chi connectivity index (χ2n) is 5.56. The van der Waals surface area contributed by atoms with Gasteiger partial charge in [0.1, 0.15) is 0 Å². The molecule has 0 unspecified atom stereocenters. The summed E-state index contributed by atoms with van der Waals surface area (Å²) >= 11 is 0. The molecule has 1 fully saturated rings. The minimum absolute atomic E-state index is 0.00281. The summed E-state index contributed by atoms with van der Waals surface area (Å²) in [6.45, 7) is 5.43. The van der Waals surface area contributed by atoms with Gasteiger partial charge in [-0.1, -0.05) is 20.8 Å². The zero-order valence-electron chi connectivity index (χ0n) is 13.2. The monoisotopic (exact) mass is 297 g/mol. The Morgan fingerprint density at radius 3 is 1.10 bits per heavy atom. The molecule has 0 aromatic rings. The fourth-order valence-electron chi connectivity index (χ4n) is 2.66. The van der Waals surface area contributed by atoms with Gasteiger partial charge < -0.3 is 16.0 Å². The van der Waals surface area contributed by atoms with Crippen LogP contribution in [0.1, 0.15) is 59.3 Å². The van der Waals surface area contributed by atoms with Gasteiger partial charge in [-0.25, -0.2) is 0 Å². The highest BCUT2D eigenvalue weighted by atomic mass is 16.2. The number of rotatable bonds is 6. The van der Waals surface area contributed by atoms with Crippen molar-refractivity contribution in [2.75, 3.05) is 0 Å². The molecule has 6 heteroatoms. The van der Waals surface area contributed by atoms with Gasteiger partial charge in [-0.15, -0.1) is 0 Å². The zero-order valence-corrected chi connectivity index (χ0v) is 13.2. The summed E-state index contributed by atoms with van der Waals surface area (Å²) < 4.78 is 0. The summed E-state index contributed by atoms with van der Waals surface area (Å²) in [6.07, 6.45) is 3.47. The highest BCUT2D eigenvalue weighted by Gasteiger charge is 2.30. The molecule has 3 amide bonds.